The van der Waals surface area contributed by atoms with Gasteiger partial charge in [-0.15, -0.1) is 0 Å². The van der Waals surface area contributed by atoms with E-state index in [-0.39, 0.29) is 5.56 Å². The van der Waals surface area contributed by atoms with Crippen LogP contribution in [-0.4, -0.2) is 9.55 Å². The first-order chi connectivity index (χ1) is 12.1. The number of para-hydroxylation sites is 1. The molecule has 25 heavy (non-hydrogen) atoms. The highest BCUT2D eigenvalue weighted by Crippen LogP contribution is 2.23. The summed E-state index contributed by atoms with van der Waals surface area (Å²) in [7, 11) is 0. The van der Waals surface area contributed by atoms with Gasteiger partial charge in [0.2, 0.25) is 0 Å². The van der Waals surface area contributed by atoms with Crippen LogP contribution in [0, 0.1) is 11.6 Å². The second-order valence-electron chi connectivity index (χ2n) is 5.79. The first kappa shape index (κ1) is 17.6. The Kier molecular flexibility index (Phi) is 5.48. The van der Waals surface area contributed by atoms with Gasteiger partial charge in [-0.05, 0) is 36.2 Å². The summed E-state index contributed by atoms with van der Waals surface area (Å²) < 4.78 is 28.4. The molecule has 1 heterocycles. The highest BCUT2D eigenvalue weighted by Gasteiger charge is 2.12. The number of hydrogen-bond acceptors (Lipinski definition) is 3. The molecule has 0 atom stereocenters. The van der Waals surface area contributed by atoms with Crippen LogP contribution in [0.1, 0.15) is 25.3 Å². The number of aromatic nitrogens is 2. The van der Waals surface area contributed by atoms with Crippen molar-refractivity contribution in [2.24, 2.45) is 0 Å². The van der Waals surface area contributed by atoms with E-state index < -0.39 is 11.6 Å². The van der Waals surface area contributed by atoms with Crippen molar-refractivity contribution < 1.29 is 8.78 Å². The standard InChI is InChI=1S/C19H18F2N2OS/c1-2-3-8-23-18(24)16-6-4-5-7-17(16)22-19(23)25-12-13-9-14(20)11-15(21)10-13/h4-7,9-11H,2-3,8,12H2,1H3. The molecule has 0 saturated heterocycles. The number of nitrogens with zero attached hydrogens (tertiary/aromatic N) is 2. The lowest BCUT2D eigenvalue weighted by Crippen LogP contribution is -2.23. The molecule has 3 nitrogen and oxygen atoms in total. The van der Waals surface area contributed by atoms with Gasteiger partial charge in [-0.3, -0.25) is 9.36 Å². The fourth-order valence-corrected chi connectivity index (χ4v) is 3.57. The number of unbranched alkanes of at least 4 members (excludes halogenated alkanes) is 1. The Balaban J connectivity index is 1.97. The molecule has 0 amide bonds. The molecule has 0 aliphatic rings. The second kappa shape index (κ2) is 7.78. The molecule has 0 fully saturated rings. The van der Waals surface area contributed by atoms with Crippen molar-refractivity contribution >= 4 is 22.7 Å². The Hall–Kier alpha value is -2.21. The summed E-state index contributed by atoms with van der Waals surface area (Å²) >= 11 is 1.32. The maximum Gasteiger partial charge on any atom is 0.262 e. The summed E-state index contributed by atoms with van der Waals surface area (Å²) in [6, 6.07) is 10.7. The maximum absolute atomic E-state index is 13.4. The molecule has 3 rings (SSSR count). The van der Waals surface area contributed by atoms with Gasteiger partial charge in [-0.2, -0.15) is 0 Å². The van der Waals surface area contributed by atoms with E-state index in [1.807, 2.05) is 12.1 Å². The van der Waals surface area contributed by atoms with Gasteiger partial charge in [-0.25, -0.2) is 13.8 Å². The topological polar surface area (TPSA) is 34.9 Å². The summed E-state index contributed by atoms with van der Waals surface area (Å²) in [6.45, 7) is 2.63. The molecule has 0 unspecified atom stereocenters. The molecule has 130 valence electrons. The molecular weight excluding hydrogens is 342 g/mol. The predicted molar refractivity (Wildman–Crippen MR) is 96.8 cm³/mol. The Bertz CT molecular complexity index is 936. The third-order valence-corrected chi connectivity index (χ3v) is 4.90. The van der Waals surface area contributed by atoms with E-state index in [9.17, 15) is 13.6 Å². The molecule has 0 aliphatic heterocycles. The van der Waals surface area contributed by atoms with Crippen LogP contribution in [0.25, 0.3) is 10.9 Å². The monoisotopic (exact) mass is 360 g/mol. The van der Waals surface area contributed by atoms with Crippen LogP contribution in [0.3, 0.4) is 0 Å². The van der Waals surface area contributed by atoms with Crippen molar-refractivity contribution in [3.63, 3.8) is 0 Å². The molecule has 0 bridgehead atoms. The van der Waals surface area contributed by atoms with E-state index in [1.165, 1.54) is 23.9 Å². The van der Waals surface area contributed by atoms with Gasteiger partial charge in [0.25, 0.3) is 5.56 Å². The molecule has 0 aliphatic carbocycles. The number of fused-ring (bicyclic) bond motifs is 1. The van der Waals surface area contributed by atoms with Crippen molar-refractivity contribution in [3.8, 4) is 0 Å². The summed E-state index contributed by atoms with van der Waals surface area (Å²) in [5.74, 6) is -0.873. The number of benzene rings is 2. The molecular formula is C19H18F2N2OS. The van der Waals surface area contributed by atoms with Gasteiger partial charge in [-0.1, -0.05) is 37.2 Å². The fourth-order valence-electron chi connectivity index (χ4n) is 2.61. The molecule has 0 radical (unpaired) electrons. The number of rotatable bonds is 6. The molecule has 0 spiro atoms. The van der Waals surface area contributed by atoms with Crippen molar-refractivity contribution in [1.29, 1.82) is 0 Å². The Labute approximate surface area is 148 Å². The van der Waals surface area contributed by atoms with E-state index >= 15 is 0 Å². The maximum atomic E-state index is 13.4. The molecule has 3 aromatic rings. The van der Waals surface area contributed by atoms with Gasteiger partial charge < -0.3 is 0 Å². The summed E-state index contributed by atoms with van der Waals surface area (Å²) in [5.41, 5.74) is 1.08. The van der Waals surface area contributed by atoms with Gasteiger partial charge in [0.1, 0.15) is 11.6 Å². The smallest absolute Gasteiger partial charge is 0.262 e. The third kappa shape index (κ3) is 4.07. The van der Waals surface area contributed by atoms with E-state index in [4.69, 9.17) is 0 Å². The first-order valence-electron chi connectivity index (χ1n) is 8.16. The van der Waals surface area contributed by atoms with Crippen molar-refractivity contribution in [2.75, 3.05) is 0 Å². The summed E-state index contributed by atoms with van der Waals surface area (Å²) in [4.78, 5) is 17.4. The lowest BCUT2D eigenvalue weighted by atomic mass is 10.2. The minimum absolute atomic E-state index is 0.0769. The summed E-state index contributed by atoms with van der Waals surface area (Å²) in [5, 5.41) is 1.15. The highest BCUT2D eigenvalue weighted by atomic mass is 32.2. The third-order valence-electron chi connectivity index (χ3n) is 3.85. The van der Waals surface area contributed by atoms with Crippen molar-refractivity contribution in [3.05, 3.63) is 70.0 Å². The van der Waals surface area contributed by atoms with E-state index in [0.29, 0.717) is 33.9 Å². The molecule has 1 aromatic heterocycles. The highest BCUT2D eigenvalue weighted by molar-refractivity contribution is 7.98. The average Bonchev–Trinajstić information content (AvgIpc) is 2.58. The molecule has 0 N–H and O–H groups in total. The Morgan fingerprint density at radius 1 is 1.12 bits per heavy atom. The van der Waals surface area contributed by atoms with Crippen LogP contribution < -0.4 is 5.56 Å². The van der Waals surface area contributed by atoms with E-state index in [0.717, 1.165) is 18.9 Å². The average molecular weight is 360 g/mol. The minimum Gasteiger partial charge on any atom is -0.287 e. The molecule has 6 heteroatoms. The number of hydrogen-bond donors (Lipinski definition) is 0. The van der Waals surface area contributed by atoms with Crippen LogP contribution >= 0.6 is 11.8 Å². The van der Waals surface area contributed by atoms with Crippen LogP contribution in [0.5, 0.6) is 0 Å². The van der Waals surface area contributed by atoms with Gasteiger partial charge in [0.05, 0.1) is 10.9 Å². The zero-order chi connectivity index (χ0) is 17.8. The van der Waals surface area contributed by atoms with Gasteiger partial charge in [0.15, 0.2) is 5.16 Å². The SMILES string of the molecule is CCCCn1c(SCc2cc(F)cc(F)c2)nc2ccccc2c1=O. The number of thioether (sulfide) groups is 1. The minimum atomic E-state index is -0.606. The number of halogens is 2. The fraction of sp³-hybridized carbons (Fsp3) is 0.263. The Morgan fingerprint density at radius 3 is 2.56 bits per heavy atom. The predicted octanol–water partition coefficient (Wildman–Crippen LogP) is 4.77. The van der Waals surface area contributed by atoms with E-state index in [2.05, 4.69) is 11.9 Å². The quantitative estimate of drug-likeness (QED) is 0.469. The lowest BCUT2D eigenvalue weighted by Gasteiger charge is -2.13. The van der Waals surface area contributed by atoms with Gasteiger partial charge >= 0.3 is 0 Å². The zero-order valence-electron chi connectivity index (χ0n) is 13.8. The first-order valence-corrected chi connectivity index (χ1v) is 9.14. The largest absolute Gasteiger partial charge is 0.287 e. The van der Waals surface area contributed by atoms with Crippen LogP contribution in [0.15, 0.2) is 52.4 Å². The molecule has 0 saturated carbocycles. The zero-order valence-corrected chi connectivity index (χ0v) is 14.7. The summed E-state index contributed by atoms with van der Waals surface area (Å²) in [6.07, 6.45) is 1.82. The van der Waals surface area contributed by atoms with E-state index in [1.54, 1.807) is 16.7 Å². The lowest BCUT2D eigenvalue weighted by molar-refractivity contribution is 0.557. The van der Waals surface area contributed by atoms with Gasteiger partial charge in [0, 0.05) is 18.4 Å². The van der Waals surface area contributed by atoms with Crippen LogP contribution in [-0.2, 0) is 12.3 Å². The Morgan fingerprint density at radius 2 is 1.84 bits per heavy atom. The van der Waals surface area contributed by atoms with Crippen LogP contribution in [0.2, 0.25) is 0 Å². The molecule has 2 aromatic carbocycles. The van der Waals surface area contributed by atoms with Crippen molar-refractivity contribution in [2.45, 2.75) is 37.2 Å². The van der Waals surface area contributed by atoms with Crippen LogP contribution in [0.4, 0.5) is 8.78 Å². The normalized spacial score (nSPS) is 11.2. The second-order valence-corrected chi connectivity index (χ2v) is 6.73. The van der Waals surface area contributed by atoms with Crippen molar-refractivity contribution in [1.82, 2.24) is 9.55 Å².